The summed E-state index contributed by atoms with van der Waals surface area (Å²) in [5, 5.41) is 3.65. The lowest BCUT2D eigenvalue weighted by Gasteiger charge is -2.27. The number of ether oxygens (including phenoxy) is 1. The second-order valence-electron chi connectivity index (χ2n) is 2.32. The van der Waals surface area contributed by atoms with E-state index in [0.717, 1.165) is 10.7 Å². The molecule has 58 valence electrons. The Morgan fingerprint density at radius 1 is 1.80 bits per heavy atom. The molecule has 0 spiro atoms. The summed E-state index contributed by atoms with van der Waals surface area (Å²) in [6.07, 6.45) is 1.16. The molecule has 0 unspecified atom stereocenters. The van der Waals surface area contributed by atoms with Crippen LogP contribution in [0.1, 0.15) is 13.3 Å². The van der Waals surface area contributed by atoms with Gasteiger partial charge in [0.25, 0.3) is 0 Å². The largest absolute Gasteiger partial charge is 0.362 e. The third-order valence-electron chi connectivity index (χ3n) is 1.42. The highest BCUT2D eigenvalue weighted by Crippen LogP contribution is 2.22. The highest BCUT2D eigenvalue weighted by Gasteiger charge is 2.20. The molecule has 1 rings (SSSR count). The first kappa shape index (κ1) is 8.30. The van der Waals surface area contributed by atoms with Crippen LogP contribution in [0.4, 0.5) is 0 Å². The molecular weight excluding hydrogens is 166 g/mol. The smallest absolute Gasteiger partial charge is 0.136 e. The average Bonchev–Trinajstić information content (AvgIpc) is 1.85. The van der Waals surface area contributed by atoms with Gasteiger partial charge in [0.1, 0.15) is 10.5 Å². The van der Waals surface area contributed by atoms with E-state index in [9.17, 15) is 0 Å². The first-order chi connectivity index (χ1) is 4.72. The molecule has 0 amide bonds. The van der Waals surface area contributed by atoms with Crippen molar-refractivity contribution in [1.82, 2.24) is 5.32 Å². The maximum Gasteiger partial charge on any atom is 0.136 e. The Balaban J connectivity index is 2.42. The van der Waals surface area contributed by atoms with Crippen molar-refractivity contribution >= 4 is 28.3 Å². The summed E-state index contributed by atoms with van der Waals surface area (Å²) in [4.78, 5) is 0. The van der Waals surface area contributed by atoms with Crippen LogP contribution in [-0.4, -0.2) is 22.9 Å². The first-order valence-corrected chi connectivity index (χ1v) is 4.51. The van der Waals surface area contributed by atoms with Gasteiger partial charge in [-0.15, -0.1) is 0 Å². The van der Waals surface area contributed by atoms with Crippen molar-refractivity contribution in [3.05, 3.63) is 0 Å². The van der Waals surface area contributed by atoms with E-state index < -0.39 is 0 Å². The van der Waals surface area contributed by atoms with E-state index in [0.29, 0.717) is 5.25 Å². The van der Waals surface area contributed by atoms with Gasteiger partial charge in [-0.1, -0.05) is 30.9 Å². The Morgan fingerprint density at radius 2 is 2.50 bits per heavy atom. The van der Waals surface area contributed by atoms with Crippen LogP contribution in [0.15, 0.2) is 0 Å². The van der Waals surface area contributed by atoms with E-state index >= 15 is 0 Å². The molecule has 2 atom stereocenters. The van der Waals surface area contributed by atoms with Crippen LogP contribution in [0, 0.1) is 0 Å². The van der Waals surface area contributed by atoms with Crippen molar-refractivity contribution in [3.8, 4) is 0 Å². The zero-order chi connectivity index (χ0) is 7.56. The fourth-order valence-corrected chi connectivity index (χ4v) is 2.37. The monoisotopic (exact) mass is 177 g/mol. The predicted molar refractivity (Wildman–Crippen MR) is 48.2 cm³/mol. The maximum absolute atomic E-state index is 5.12. The fraction of sp³-hybridized carbons (Fsp3) is 0.833. The zero-order valence-corrected chi connectivity index (χ0v) is 7.72. The van der Waals surface area contributed by atoms with Crippen molar-refractivity contribution in [2.75, 3.05) is 7.11 Å². The van der Waals surface area contributed by atoms with Gasteiger partial charge < -0.3 is 10.1 Å². The molecule has 4 heteroatoms. The Hall–Kier alpha value is 0.200. The van der Waals surface area contributed by atoms with Crippen LogP contribution >= 0.6 is 24.0 Å². The summed E-state index contributed by atoms with van der Waals surface area (Å²) in [7, 11) is 1.70. The van der Waals surface area contributed by atoms with Gasteiger partial charge >= 0.3 is 0 Å². The van der Waals surface area contributed by atoms with Gasteiger partial charge in [0, 0.05) is 18.8 Å². The minimum absolute atomic E-state index is 0.128. The summed E-state index contributed by atoms with van der Waals surface area (Å²) >= 11 is 6.70. The third kappa shape index (κ3) is 2.11. The average molecular weight is 177 g/mol. The van der Waals surface area contributed by atoms with Gasteiger partial charge in [-0.3, -0.25) is 0 Å². The highest BCUT2D eigenvalue weighted by atomic mass is 32.2. The van der Waals surface area contributed by atoms with Crippen LogP contribution in [0.3, 0.4) is 0 Å². The third-order valence-corrected chi connectivity index (χ3v) is 2.75. The van der Waals surface area contributed by atoms with E-state index in [2.05, 4.69) is 12.2 Å². The molecule has 0 saturated carbocycles. The lowest BCUT2D eigenvalue weighted by Crippen LogP contribution is -2.40. The number of nitrogens with one attached hydrogen (secondary N) is 1. The van der Waals surface area contributed by atoms with Gasteiger partial charge in [0.05, 0.1) is 0 Å². The minimum Gasteiger partial charge on any atom is -0.362 e. The van der Waals surface area contributed by atoms with E-state index in [-0.39, 0.29) is 6.23 Å². The fourth-order valence-electron chi connectivity index (χ4n) is 0.912. The van der Waals surface area contributed by atoms with E-state index in [4.69, 9.17) is 17.0 Å². The summed E-state index contributed by atoms with van der Waals surface area (Å²) in [5.74, 6) is 0. The molecule has 0 aromatic heterocycles. The second-order valence-corrected chi connectivity index (χ2v) is 4.44. The topological polar surface area (TPSA) is 21.3 Å². The zero-order valence-electron chi connectivity index (χ0n) is 6.09. The van der Waals surface area contributed by atoms with Gasteiger partial charge in [-0.05, 0) is 0 Å². The second kappa shape index (κ2) is 3.55. The molecule has 1 aliphatic heterocycles. The number of hydrogen-bond donors (Lipinski definition) is 1. The lowest BCUT2D eigenvalue weighted by atomic mass is 10.3. The number of rotatable bonds is 1. The van der Waals surface area contributed by atoms with Crippen LogP contribution < -0.4 is 5.32 Å². The standard InChI is InChI=1S/C6H11NOS2/c1-4-3-5(8-2)7-6(9)10-4/h4-5H,3H2,1-2H3,(H,7,9)/t4-,5-/m0/s1. The number of methoxy groups -OCH3 is 1. The first-order valence-electron chi connectivity index (χ1n) is 3.22. The summed E-state index contributed by atoms with van der Waals surface area (Å²) < 4.78 is 5.97. The molecule has 0 radical (unpaired) electrons. The van der Waals surface area contributed by atoms with Gasteiger partial charge in [0.2, 0.25) is 0 Å². The van der Waals surface area contributed by atoms with Crippen molar-refractivity contribution in [2.45, 2.75) is 24.8 Å². The molecule has 1 heterocycles. The molecular formula is C6H11NOS2. The number of thioether (sulfide) groups is 1. The Bertz CT molecular complexity index is 140. The summed E-state index contributed by atoms with van der Waals surface area (Å²) in [6.45, 7) is 2.16. The Kier molecular flexibility index (Phi) is 2.95. The minimum atomic E-state index is 0.128. The molecule has 0 aromatic carbocycles. The van der Waals surface area contributed by atoms with Gasteiger partial charge in [0.15, 0.2) is 0 Å². The maximum atomic E-state index is 5.12. The molecule has 1 N–H and O–H groups in total. The molecule has 10 heavy (non-hydrogen) atoms. The molecule has 1 aliphatic rings. The number of thiocarbonyl (C=S) groups is 1. The summed E-state index contributed by atoms with van der Waals surface area (Å²) in [5.41, 5.74) is 0. The Morgan fingerprint density at radius 3 is 3.00 bits per heavy atom. The molecule has 0 aliphatic carbocycles. The number of hydrogen-bond acceptors (Lipinski definition) is 3. The quantitative estimate of drug-likeness (QED) is 0.610. The highest BCUT2D eigenvalue weighted by molar-refractivity contribution is 8.23. The van der Waals surface area contributed by atoms with Crippen molar-refractivity contribution < 1.29 is 4.74 Å². The van der Waals surface area contributed by atoms with Gasteiger partial charge in [-0.2, -0.15) is 0 Å². The van der Waals surface area contributed by atoms with E-state index in [1.54, 1.807) is 18.9 Å². The Labute approximate surface area is 70.7 Å². The molecule has 0 aromatic rings. The van der Waals surface area contributed by atoms with E-state index in [1.807, 2.05) is 0 Å². The van der Waals surface area contributed by atoms with Crippen LogP contribution in [0.5, 0.6) is 0 Å². The van der Waals surface area contributed by atoms with Crippen LogP contribution in [0.2, 0.25) is 0 Å². The van der Waals surface area contributed by atoms with Crippen molar-refractivity contribution in [2.24, 2.45) is 0 Å². The van der Waals surface area contributed by atoms with Crippen molar-refractivity contribution in [3.63, 3.8) is 0 Å². The normalized spacial score (nSPS) is 33.6. The van der Waals surface area contributed by atoms with Gasteiger partial charge in [-0.25, -0.2) is 0 Å². The molecule has 1 fully saturated rings. The van der Waals surface area contributed by atoms with Crippen LogP contribution in [-0.2, 0) is 4.74 Å². The predicted octanol–water partition coefficient (Wildman–Crippen LogP) is 1.36. The van der Waals surface area contributed by atoms with Crippen molar-refractivity contribution in [1.29, 1.82) is 0 Å². The molecule has 0 bridgehead atoms. The summed E-state index contributed by atoms with van der Waals surface area (Å²) in [6, 6.07) is 0. The molecule has 1 saturated heterocycles. The molecule has 2 nitrogen and oxygen atoms in total. The van der Waals surface area contributed by atoms with Crippen LogP contribution in [0.25, 0.3) is 0 Å². The lowest BCUT2D eigenvalue weighted by molar-refractivity contribution is 0.0838. The van der Waals surface area contributed by atoms with E-state index in [1.165, 1.54) is 0 Å². The SMILES string of the molecule is CO[C@H]1C[C@H](C)SC(=S)N1.